The molecule has 0 amide bonds. The molecule has 0 aliphatic heterocycles. The summed E-state index contributed by atoms with van der Waals surface area (Å²) < 4.78 is 68.4. The first-order chi connectivity index (χ1) is 12.8. The topological polar surface area (TPSA) is 9.23 Å². The predicted octanol–water partition coefficient (Wildman–Crippen LogP) is 7.13. The Kier molecular flexibility index (Phi) is 6.11. The molecule has 0 N–H and O–H groups in total. The maximum Gasteiger partial charge on any atom is 0.573 e. The van der Waals surface area contributed by atoms with Gasteiger partial charge >= 0.3 is 6.36 Å². The zero-order chi connectivity index (χ0) is 19.6. The summed E-state index contributed by atoms with van der Waals surface area (Å²) in [6.07, 6.45) is 5.19. The summed E-state index contributed by atoms with van der Waals surface area (Å²) in [4.78, 5) is 0. The highest BCUT2D eigenvalue weighted by Gasteiger charge is 2.37. The second-order valence-corrected chi connectivity index (χ2v) is 7.94. The lowest BCUT2D eigenvalue weighted by atomic mass is 9.63. The Balaban J connectivity index is 1.66. The third-order valence-corrected chi connectivity index (χ3v) is 6.21. The van der Waals surface area contributed by atoms with E-state index in [1.165, 1.54) is 19.3 Å². The van der Waals surface area contributed by atoms with Gasteiger partial charge < -0.3 is 4.74 Å². The molecule has 4 atom stereocenters. The Labute approximate surface area is 156 Å². The molecule has 0 spiro atoms. The van der Waals surface area contributed by atoms with E-state index in [4.69, 9.17) is 0 Å². The van der Waals surface area contributed by atoms with E-state index >= 15 is 0 Å². The fourth-order valence-corrected chi connectivity index (χ4v) is 4.93. The first-order valence-electron chi connectivity index (χ1n) is 9.62. The quantitative estimate of drug-likeness (QED) is 0.385. The molecule has 0 saturated heterocycles. The molecule has 4 unspecified atom stereocenters. The summed E-state index contributed by atoms with van der Waals surface area (Å²) in [6, 6.07) is 2.01. The Morgan fingerprint density at radius 1 is 1.00 bits per heavy atom. The Morgan fingerprint density at radius 2 is 1.63 bits per heavy atom. The maximum atomic E-state index is 14.0. The van der Waals surface area contributed by atoms with Crippen LogP contribution in [0.2, 0.25) is 0 Å². The van der Waals surface area contributed by atoms with Gasteiger partial charge in [0, 0.05) is 0 Å². The molecule has 2 aliphatic carbocycles. The molecule has 6 heteroatoms. The zero-order valence-corrected chi connectivity index (χ0v) is 15.2. The van der Waals surface area contributed by atoms with Gasteiger partial charge in [0.05, 0.1) is 0 Å². The van der Waals surface area contributed by atoms with Gasteiger partial charge in [0.2, 0.25) is 5.75 Å². The summed E-state index contributed by atoms with van der Waals surface area (Å²) in [5.74, 6) is -2.07. The van der Waals surface area contributed by atoms with Crippen LogP contribution in [0.3, 0.4) is 0 Å². The van der Waals surface area contributed by atoms with Crippen LogP contribution >= 0.6 is 0 Å². The van der Waals surface area contributed by atoms with Crippen molar-refractivity contribution in [2.24, 2.45) is 17.8 Å². The third kappa shape index (κ3) is 5.02. The van der Waals surface area contributed by atoms with E-state index in [1.807, 2.05) is 6.08 Å². The van der Waals surface area contributed by atoms with E-state index in [-0.39, 0.29) is 5.92 Å². The number of ether oxygens (including phenoxy) is 1. The normalized spacial score (nSPS) is 28.5. The lowest BCUT2D eigenvalue weighted by molar-refractivity contribution is -0.276. The Morgan fingerprint density at radius 3 is 2.26 bits per heavy atom. The van der Waals surface area contributed by atoms with Gasteiger partial charge in [-0.05, 0) is 86.3 Å². The van der Waals surface area contributed by atoms with Gasteiger partial charge in [0.25, 0.3) is 0 Å². The maximum absolute atomic E-state index is 14.0. The van der Waals surface area contributed by atoms with Gasteiger partial charge in [0.15, 0.2) is 11.6 Å². The van der Waals surface area contributed by atoms with Gasteiger partial charge in [-0.25, -0.2) is 8.78 Å². The van der Waals surface area contributed by atoms with E-state index in [0.29, 0.717) is 17.4 Å². The number of benzene rings is 1. The fraction of sp³-hybridized carbons (Fsp3) is 0.619. The summed E-state index contributed by atoms with van der Waals surface area (Å²) >= 11 is 0. The van der Waals surface area contributed by atoms with E-state index in [9.17, 15) is 22.0 Å². The molecule has 0 aromatic heterocycles. The van der Waals surface area contributed by atoms with Gasteiger partial charge in [-0.2, -0.15) is 0 Å². The first-order valence-corrected chi connectivity index (χ1v) is 9.62. The highest BCUT2D eigenvalue weighted by molar-refractivity contribution is 5.33. The van der Waals surface area contributed by atoms with Crippen LogP contribution in [0.1, 0.15) is 62.8 Å². The van der Waals surface area contributed by atoms with Crippen LogP contribution in [0.15, 0.2) is 24.8 Å². The summed E-state index contributed by atoms with van der Waals surface area (Å²) in [6.45, 7) is 3.78. The zero-order valence-electron chi connectivity index (χ0n) is 15.2. The largest absolute Gasteiger partial charge is 0.573 e. The average molecular weight is 388 g/mol. The van der Waals surface area contributed by atoms with Crippen molar-refractivity contribution in [3.8, 4) is 5.75 Å². The van der Waals surface area contributed by atoms with E-state index < -0.39 is 23.7 Å². The minimum atomic E-state index is -5.12. The summed E-state index contributed by atoms with van der Waals surface area (Å²) in [5, 5.41) is 0. The fourth-order valence-electron chi connectivity index (χ4n) is 4.93. The van der Waals surface area contributed by atoms with Crippen LogP contribution in [0.5, 0.6) is 5.75 Å². The molecule has 0 bridgehead atoms. The SMILES string of the molecule is C=CCCC1CCC2CC(c3cc(F)c(OC(F)(F)F)c(F)c3)CCC2C1. The molecule has 27 heavy (non-hydrogen) atoms. The number of rotatable bonds is 5. The second kappa shape index (κ2) is 8.19. The van der Waals surface area contributed by atoms with Crippen molar-refractivity contribution < 1.29 is 26.7 Å². The molecule has 3 rings (SSSR count). The van der Waals surface area contributed by atoms with Crippen LogP contribution in [0, 0.1) is 29.4 Å². The van der Waals surface area contributed by atoms with E-state index in [1.54, 1.807) is 0 Å². The minimum Gasteiger partial charge on any atom is -0.399 e. The summed E-state index contributed by atoms with van der Waals surface area (Å²) in [7, 11) is 0. The highest BCUT2D eigenvalue weighted by Crippen LogP contribution is 2.48. The van der Waals surface area contributed by atoms with Crippen molar-refractivity contribution in [3.05, 3.63) is 42.0 Å². The third-order valence-electron chi connectivity index (χ3n) is 6.21. The van der Waals surface area contributed by atoms with Gasteiger partial charge in [-0.1, -0.05) is 12.5 Å². The minimum absolute atomic E-state index is 0.0140. The van der Waals surface area contributed by atoms with E-state index in [0.717, 1.165) is 50.2 Å². The number of fused-ring (bicyclic) bond motifs is 1. The van der Waals surface area contributed by atoms with Crippen molar-refractivity contribution in [1.82, 2.24) is 0 Å². The molecular formula is C21H25F5O. The number of halogens is 5. The number of hydrogen-bond acceptors (Lipinski definition) is 1. The highest BCUT2D eigenvalue weighted by atomic mass is 19.4. The van der Waals surface area contributed by atoms with Crippen LogP contribution in [-0.2, 0) is 0 Å². The lowest BCUT2D eigenvalue weighted by Crippen LogP contribution is -2.30. The number of allylic oxidation sites excluding steroid dienone is 1. The molecular weight excluding hydrogens is 363 g/mol. The lowest BCUT2D eigenvalue weighted by Gasteiger charge is -2.42. The Bertz CT molecular complexity index is 646. The molecule has 1 aromatic carbocycles. The molecule has 2 fully saturated rings. The molecule has 150 valence electrons. The smallest absolute Gasteiger partial charge is 0.399 e. The molecule has 1 nitrogen and oxygen atoms in total. The molecule has 2 aliphatic rings. The average Bonchev–Trinajstić information content (AvgIpc) is 2.61. The number of alkyl halides is 3. The molecule has 0 radical (unpaired) electrons. The van der Waals surface area contributed by atoms with Crippen LogP contribution in [0.4, 0.5) is 22.0 Å². The first kappa shape index (κ1) is 20.2. The van der Waals surface area contributed by atoms with Crippen LogP contribution in [-0.4, -0.2) is 6.36 Å². The van der Waals surface area contributed by atoms with Crippen LogP contribution in [0.25, 0.3) is 0 Å². The van der Waals surface area contributed by atoms with Crippen molar-refractivity contribution >= 4 is 0 Å². The molecule has 0 heterocycles. The van der Waals surface area contributed by atoms with Crippen molar-refractivity contribution in [1.29, 1.82) is 0 Å². The standard InChI is InChI=1S/C21H25F5O/c1-2-3-4-13-5-6-15-10-16(8-7-14(15)9-13)17-11-18(22)20(19(23)12-17)27-21(24,25)26/h2,11-16H,1,3-10H2. The van der Waals surface area contributed by atoms with Crippen molar-refractivity contribution in [2.45, 2.75) is 63.6 Å². The van der Waals surface area contributed by atoms with Gasteiger partial charge in [-0.3, -0.25) is 0 Å². The van der Waals surface area contributed by atoms with Gasteiger partial charge in [-0.15, -0.1) is 19.8 Å². The van der Waals surface area contributed by atoms with E-state index in [2.05, 4.69) is 11.3 Å². The number of hydrogen-bond donors (Lipinski definition) is 0. The summed E-state index contributed by atoms with van der Waals surface area (Å²) in [5.41, 5.74) is 0.437. The van der Waals surface area contributed by atoms with Gasteiger partial charge in [0.1, 0.15) is 0 Å². The monoisotopic (exact) mass is 388 g/mol. The van der Waals surface area contributed by atoms with Crippen molar-refractivity contribution in [3.63, 3.8) is 0 Å². The molecule has 2 saturated carbocycles. The van der Waals surface area contributed by atoms with Crippen molar-refractivity contribution in [2.75, 3.05) is 0 Å². The predicted molar refractivity (Wildman–Crippen MR) is 93.4 cm³/mol. The Hall–Kier alpha value is -1.59. The van der Waals surface area contributed by atoms with Crippen LogP contribution < -0.4 is 4.74 Å². The second-order valence-electron chi connectivity index (χ2n) is 7.94. The molecule has 1 aromatic rings.